The second-order valence-corrected chi connectivity index (χ2v) is 10.9. The van der Waals surface area contributed by atoms with Crippen LogP contribution in [-0.2, 0) is 14.3 Å². The van der Waals surface area contributed by atoms with Gasteiger partial charge in [0.05, 0.1) is 40.6 Å². The molecule has 0 radical (unpaired) electrons. The molecular weight excluding hydrogens is 564 g/mol. The van der Waals surface area contributed by atoms with Gasteiger partial charge in [-0.3, -0.25) is 9.36 Å². The quantitative estimate of drug-likeness (QED) is 0.235. The van der Waals surface area contributed by atoms with Gasteiger partial charge < -0.3 is 13.9 Å². The van der Waals surface area contributed by atoms with Crippen LogP contribution in [-0.4, -0.2) is 29.7 Å². The van der Waals surface area contributed by atoms with E-state index in [9.17, 15) is 14.4 Å². The topological polar surface area (TPSA) is 100 Å². The fraction of sp³-hybridized carbons (Fsp3) is 0.176. The molecule has 1 aliphatic heterocycles. The van der Waals surface area contributed by atoms with Gasteiger partial charge in [0.1, 0.15) is 11.5 Å². The van der Waals surface area contributed by atoms with Crippen LogP contribution in [0, 0.1) is 0 Å². The second-order valence-electron chi connectivity index (χ2n) is 9.87. The lowest BCUT2D eigenvalue weighted by Crippen LogP contribution is -2.40. The number of hydrogen-bond donors (Lipinski definition) is 0. The Labute approximate surface area is 250 Å². The van der Waals surface area contributed by atoms with Crippen LogP contribution in [0.3, 0.4) is 0 Å². The molecule has 8 nitrogen and oxygen atoms in total. The average Bonchev–Trinajstić information content (AvgIpc) is 3.60. The van der Waals surface area contributed by atoms with Crippen LogP contribution in [0.4, 0.5) is 0 Å². The Morgan fingerprint density at radius 3 is 2.42 bits per heavy atom. The number of benzene rings is 3. The molecule has 0 amide bonds. The van der Waals surface area contributed by atoms with Crippen molar-refractivity contribution < 1.29 is 23.5 Å². The minimum atomic E-state index is -0.714. The maximum atomic E-state index is 14.0. The summed E-state index contributed by atoms with van der Waals surface area (Å²) in [6.07, 6.45) is 1.68. The number of carbonyl (C=O) groups is 2. The van der Waals surface area contributed by atoms with Gasteiger partial charge in [-0.25, -0.2) is 14.6 Å². The highest BCUT2D eigenvalue weighted by atomic mass is 32.1. The first-order chi connectivity index (χ1) is 20.9. The van der Waals surface area contributed by atoms with Gasteiger partial charge in [-0.1, -0.05) is 65.9 Å². The van der Waals surface area contributed by atoms with E-state index in [1.807, 2.05) is 48.5 Å². The Morgan fingerprint density at radius 1 is 0.930 bits per heavy atom. The van der Waals surface area contributed by atoms with E-state index in [1.54, 1.807) is 61.7 Å². The molecular formula is C34H28N2O6S. The molecule has 0 aliphatic carbocycles. The summed E-state index contributed by atoms with van der Waals surface area (Å²) in [6, 6.07) is 23.6. The highest BCUT2D eigenvalue weighted by Gasteiger charge is 2.34. The van der Waals surface area contributed by atoms with E-state index in [-0.39, 0.29) is 18.1 Å². The number of hydrogen-bond acceptors (Lipinski definition) is 8. The highest BCUT2D eigenvalue weighted by Crippen LogP contribution is 2.35. The molecule has 6 rings (SSSR count). The van der Waals surface area contributed by atoms with Gasteiger partial charge in [0.15, 0.2) is 4.80 Å². The predicted octanol–water partition coefficient (Wildman–Crippen LogP) is 5.39. The highest BCUT2D eigenvalue weighted by molar-refractivity contribution is 7.07. The summed E-state index contributed by atoms with van der Waals surface area (Å²) in [6.45, 7) is 5.79. The molecule has 0 saturated carbocycles. The maximum absolute atomic E-state index is 14.0. The van der Waals surface area contributed by atoms with E-state index in [1.165, 1.54) is 11.3 Å². The molecule has 3 aromatic carbocycles. The number of aromatic nitrogens is 1. The summed E-state index contributed by atoms with van der Waals surface area (Å²) in [4.78, 5) is 44.4. The summed E-state index contributed by atoms with van der Waals surface area (Å²) < 4.78 is 18.5. The fourth-order valence-electron chi connectivity index (χ4n) is 5.27. The number of esters is 2. The number of allylic oxidation sites excluding steroid dienone is 1. The van der Waals surface area contributed by atoms with Gasteiger partial charge in [0.2, 0.25) is 0 Å². The Bertz CT molecular complexity index is 2080. The van der Waals surface area contributed by atoms with Crippen LogP contribution in [0.25, 0.3) is 28.2 Å². The third-order valence-corrected chi connectivity index (χ3v) is 8.20. The normalized spacial score (nSPS) is 14.9. The molecule has 9 heteroatoms. The molecule has 0 bridgehead atoms. The van der Waals surface area contributed by atoms with E-state index >= 15 is 0 Å². The average molecular weight is 593 g/mol. The molecule has 2 aromatic heterocycles. The van der Waals surface area contributed by atoms with Crippen LogP contribution in [0.1, 0.15) is 48.5 Å². The predicted molar refractivity (Wildman–Crippen MR) is 164 cm³/mol. The van der Waals surface area contributed by atoms with E-state index < -0.39 is 12.0 Å². The lowest BCUT2D eigenvalue weighted by atomic mass is 9.91. The van der Waals surface area contributed by atoms with Gasteiger partial charge in [0.25, 0.3) is 5.56 Å². The lowest BCUT2D eigenvalue weighted by molar-refractivity contribution is -0.139. The number of ether oxygens (including phenoxy) is 2. The Balaban J connectivity index is 1.44. The Hall–Kier alpha value is -5.02. The van der Waals surface area contributed by atoms with E-state index in [0.29, 0.717) is 44.3 Å². The van der Waals surface area contributed by atoms with Crippen LogP contribution < -0.4 is 14.9 Å². The standard InChI is InChI=1S/C34H28N2O6S/c1-4-40-32(38)23-15-13-22(14-16-23)27-18-17-24(42-27)19-28-31(37)36-30(26-12-8-10-21-9-6-7-11-25(21)26)29(33(39)41-5-2)20(3)35-34(36)43-28/h6-19,30H,4-5H2,1-3H3/b28-19-/t30-/m0/s1. The van der Waals surface area contributed by atoms with Crippen LogP contribution >= 0.6 is 11.3 Å². The molecule has 1 atom stereocenters. The zero-order valence-corrected chi connectivity index (χ0v) is 24.6. The molecule has 0 fully saturated rings. The Morgan fingerprint density at radius 2 is 1.65 bits per heavy atom. The summed E-state index contributed by atoms with van der Waals surface area (Å²) in [7, 11) is 0. The lowest BCUT2D eigenvalue weighted by Gasteiger charge is -2.25. The zero-order valence-electron chi connectivity index (χ0n) is 23.8. The van der Waals surface area contributed by atoms with Crippen molar-refractivity contribution in [1.29, 1.82) is 0 Å². The van der Waals surface area contributed by atoms with E-state index in [2.05, 4.69) is 4.99 Å². The largest absolute Gasteiger partial charge is 0.463 e. The van der Waals surface area contributed by atoms with Crippen LogP contribution in [0.2, 0.25) is 0 Å². The summed E-state index contributed by atoms with van der Waals surface area (Å²) in [5, 5.41) is 1.93. The van der Waals surface area contributed by atoms with Crippen molar-refractivity contribution in [2.75, 3.05) is 13.2 Å². The molecule has 216 valence electrons. The van der Waals surface area contributed by atoms with Crippen molar-refractivity contribution in [3.05, 3.63) is 127 Å². The van der Waals surface area contributed by atoms with Crippen molar-refractivity contribution in [3.8, 4) is 11.3 Å². The number of furan rings is 1. The summed E-state index contributed by atoms with van der Waals surface area (Å²) in [5.41, 5.74) is 2.61. The summed E-state index contributed by atoms with van der Waals surface area (Å²) >= 11 is 1.24. The van der Waals surface area contributed by atoms with Gasteiger partial charge in [-0.15, -0.1) is 0 Å². The Kier molecular flexibility index (Phi) is 7.65. The molecule has 0 N–H and O–H groups in total. The molecule has 5 aromatic rings. The number of thiazole rings is 1. The van der Waals surface area contributed by atoms with Crippen molar-refractivity contribution in [2.24, 2.45) is 4.99 Å². The first-order valence-electron chi connectivity index (χ1n) is 13.9. The number of fused-ring (bicyclic) bond motifs is 2. The zero-order chi connectivity index (χ0) is 30.1. The third kappa shape index (κ3) is 5.23. The van der Waals surface area contributed by atoms with Gasteiger partial charge >= 0.3 is 11.9 Å². The maximum Gasteiger partial charge on any atom is 0.338 e. The first kappa shape index (κ1) is 28.1. The molecule has 0 saturated heterocycles. The molecule has 3 heterocycles. The van der Waals surface area contributed by atoms with Crippen molar-refractivity contribution in [2.45, 2.75) is 26.8 Å². The van der Waals surface area contributed by atoms with Gasteiger partial charge in [-0.05, 0) is 61.4 Å². The monoisotopic (exact) mass is 592 g/mol. The SMILES string of the molecule is CCOC(=O)C1=C(C)N=c2s/c(=C\c3ccc(-c4ccc(C(=O)OCC)cc4)o3)c(=O)n2[C@H]1c1cccc2ccccc12. The van der Waals surface area contributed by atoms with Crippen molar-refractivity contribution in [1.82, 2.24) is 4.57 Å². The van der Waals surface area contributed by atoms with Gasteiger partial charge in [-0.2, -0.15) is 0 Å². The molecule has 0 spiro atoms. The first-order valence-corrected chi connectivity index (χ1v) is 14.8. The minimum absolute atomic E-state index is 0.203. The van der Waals surface area contributed by atoms with E-state index in [0.717, 1.165) is 21.9 Å². The minimum Gasteiger partial charge on any atom is -0.463 e. The smallest absolute Gasteiger partial charge is 0.338 e. The summed E-state index contributed by atoms with van der Waals surface area (Å²) in [5.74, 6) is 0.189. The van der Waals surface area contributed by atoms with Gasteiger partial charge in [0, 0.05) is 11.6 Å². The van der Waals surface area contributed by atoms with E-state index in [4.69, 9.17) is 13.9 Å². The van der Waals surface area contributed by atoms with Crippen LogP contribution in [0.15, 0.2) is 104 Å². The molecule has 43 heavy (non-hydrogen) atoms. The molecule has 0 unspecified atom stereocenters. The van der Waals surface area contributed by atoms with Crippen molar-refractivity contribution >= 4 is 40.1 Å². The number of rotatable bonds is 7. The number of nitrogens with zero attached hydrogens (tertiary/aromatic N) is 2. The fourth-order valence-corrected chi connectivity index (χ4v) is 6.30. The second kappa shape index (κ2) is 11.7. The van der Waals surface area contributed by atoms with Crippen LogP contribution in [0.5, 0.6) is 0 Å². The molecule has 1 aliphatic rings. The third-order valence-electron chi connectivity index (χ3n) is 7.22. The van der Waals surface area contributed by atoms with Crippen molar-refractivity contribution in [3.63, 3.8) is 0 Å². The number of carbonyl (C=O) groups excluding carboxylic acids is 2.